The van der Waals surface area contributed by atoms with Gasteiger partial charge in [-0.2, -0.15) is 0 Å². The second-order valence-electron chi connectivity index (χ2n) is 7.88. The standard InChI is InChI=1S/C20H34O/c1-14(2)7-6-8-15(3)11-18-13-17(5)19-10-9-16(4)12-20(19)21-18/h7,15-16,18-20H,5-6,8-13H2,1-4H3/t15-,16+,18+,19+,20+/m0/s1. The normalized spacial score (nSPS) is 34.2. The van der Waals surface area contributed by atoms with E-state index in [1.807, 2.05) is 0 Å². The van der Waals surface area contributed by atoms with Gasteiger partial charge in [0.15, 0.2) is 0 Å². The van der Waals surface area contributed by atoms with Crippen molar-refractivity contribution in [2.45, 2.75) is 84.8 Å². The van der Waals surface area contributed by atoms with Gasteiger partial charge in [-0.15, -0.1) is 0 Å². The van der Waals surface area contributed by atoms with E-state index in [9.17, 15) is 0 Å². The molecule has 1 heteroatoms. The lowest BCUT2D eigenvalue weighted by Crippen LogP contribution is -2.40. The van der Waals surface area contributed by atoms with E-state index in [1.54, 1.807) is 0 Å². The molecule has 1 saturated heterocycles. The highest BCUT2D eigenvalue weighted by Gasteiger charge is 2.37. The smallest absolute Gasteiger partial charge is 0.0646 e. The van der Waals surface area contributed by atoms with E-state index in [0.717, 1.165) is 18.3 Å². The molecule has 1 nitrogen and oxygen atoms in total. The first kappa shape index (κ1) is 16.8. The molecule has 1 heterocycles. The predicted octanol–water partition coefficient (Wildman–Crippen LogP) is 5.91. The van der Waals surface area contributed by atoms with Crippen LogP contribution in [-0.4, -0.2) is 12.2 Å². The van der Waals surface area contributed by atoms with Crippen LogP contribution in [-0.2, 0) is 4.74 Å². The zero-order valence-corrected chi connectivity index (χ0v) is 14.5. The van der Waals surface area contributed by atoms with Crippen LogP contribution in [0, 0.1) is 17.8 Å². The van der Waals surface area contributed by atoms with Gasteiger partial charge in [-0.1, -0.05) is 37.6 Å². The van der Waals surface area contributed by atoms with Gasteiger partial charge in [0.2, 0.25) is 0 Å². The maximum Gasteiger partial charge on any atom is 0.0646 e. The SMILES string of the molecule is C=C1C[C@@H](C[C@@H](C)CCC=C(C)C)O[C@@H]2C[C@H](C)CC[C@H]12. The minimum atomic E-state index is 0.422. The van der Waals surface area contributed by atoms with Crippen LogP contribution in [0.1, 0.15) is 72.6 Å². The van der Waals surface area contributed by atoms with Gasteiger partial charge in [-0.05, 0) is 70.6 Å². The van der Waals surface area contributed by atoms with Crippen molar-refractivity contribution in [3.63, 3.8) is 0 Å². The van der Waals surface area contributed by atoms with Crippen LogP contribution < -0.4 is 0 Å². The first-order valence-electron chi connectivity index (χ1n) is 8.92. The van der Waals surface area contributed by atoms with Gasteiger partial charge in [-0.3, -0.25) is 0 Å². The van der Waals surface area contributed by atoms with Crippen molar-refractivity contribution in [1.29, 1.82) is 0 Å². The molecule has 0 radical (unpaired) electrons. The van der Waals surface area contributed by atoms with Crippen molar-refractivity contribution < 1.29 is 4.74 Å². The van der Waals surface area contributed by atoms with E-state index in [0.29, 0.717) is 18.1 Å². The zero-order chi connectivity index (χ0) is 15.4. The van der Waals surface area contributed by atoms with Crippen LogP contribution >= 0.6 is 0 Å². The molecule has 1 saturated carbocycles. The molecule has 21 heavy (non-hydrogen) atoms. The molecule has 0 aromatic rings. The van der Waals surface area contributed by atoms with Crippen LogP contribution in [0.5, 0.6) is 0 Å². The Bertz CT molecular complexity index is 377. The van der Waals surface area contributed by atoms with Gasteiger partial charge in [0, 0.05) is 5.92 Å². The Hall–Kier alpha value is -0.560. The Morgan fingerprint density at radius 2 is 2.14 bits per heavy atom. The molecular weight excluding hydrogens is 256 g/mol. The first-order valence-corrected chi connectivity index (χ1v) is 8.92. The molecule has 2 rings (SSSR count). The highest BCUT2D eigenvalue weighted by Crippen LogP contribution is 2.41. The van der Waals surface area contributed by atoms with Crippen molar-refractivity contribution in [2.24, 2.45) is 17.8 Å². The van der Waals surface area contributed by atoms with E-state index in [2.05, 4.69) is 40.3 Å². The lowest BCUT2D eigenvalue weighted by atomic mass is 9.74. The van der Waals surface area contributed by atoms with Gasteiger partial charge in [0.05, 0.1) is 12.2 Å². The Morgan fingerprint density at radius 1 is 1.38 bits per heavy atom. The van der Waals surface area contributed by atoms with Gasteiger partial charge in [-0.25, -0.2) is 0 Å². The maximum absolute atomic E-state index is 6.45. The van der Waals surface area contributed by atoms with Crippen molar-refractivity contribution >= 4 is 0 Å². The molecule has 1 aliphatic carbocycles. The summed E-state index contributed by atoms with van der Waals surface area (Å²) in [5.74, 6) is 2.22. The summed E-state index contributed by atoms with van der Waals surface area (Å²) in [6.07, 6.45) is 11.9. The quantitative estimate of drug-likeness (QED) is 0.572. The number of fused-ring (bicyclic) bond motifs is 1. The number of hydrogen-bond donors (Lipinski definition) is 0. The van der Waals surface area contributed by atoms with Crippen molar-refractivity contribution in [1.82, 2.24) is 0 Å². The molecule has 0 aromatic carbocycles. The Labute approximate surface area is 131 Å². The summed E-state index contributed by atoms with van der Waals surface area (Å²) < 4.78 is 6.45. The molecule has 5 atom stereocenters. The van der Waals surface area contributed by atoms with Gasteiger partial charge in [0.25, 0.3) is 0 Å². The summed E-state index contributed by atoms with van der Waals surface area (Å²) in [4.78, 5) is 0. The number of rotatable bonds is 5. The summed E-state index contributed by atoms with van der Waals surface area (Å²) in [7, 11) is 0. The van der Waals surface area contributed by atoms with E-state index in [-0.39, 0.29) is 0 Å². The molecule has 1 aliphatic heterocycles. The largest absolute Gasteiger partial charge is 0.374 e. The fourth-order valence-electron chi connectivity index (χ4n) is 4.05. The third-order valence-corrected chi connectivity index (χ3v) is 5.31. The molecule has 0 amide bonds. The zero-order valence-electron chi connectivity index (χ0n) is 14.5. The van der Waals surface area contributed by atoms with Gasteiger partial charge < -0.3 is 4.74 Å². The van der Waals surface area contributed by atoms with E-state index in [4.69, 9.17) is 4.74 Å². The van der Waals surface area contributed by atoms with Crippen molar-refractivity contribution in [2.75, 3.05) is 0 Å². The molecule has 2 fully saturated rings. The molecule has 0 N–H and O–H groups in total. The molecule has 0 spiro atoms. The highest BCUT2D eigenvalue weighted by atomic mass is 16.5. The number of ether oxygens (including phenoxy) is 1. The van der Waals surface area contributed by atoms with Crippen LogP contribution in [0.2, 0.25) is 0 Å². The fourth-order valence-corrected chi connectivity index (χ4v) is 4.05. The van der Waals surface area contributed by atoms with Crippen LogP contribution in [0.4, 0.5) is 0 Å². The summed E-state index contributed by atoms with van der Waals surface area (Å²) in [5.41, 5.74) is 2.91. The highest BCUT2D eigenvalue weighted by molar-refractivity contribution is 5.10. The second-order valence-corrected chi connectivity index (χ2v) is 7.88. The Balaban J connectivity index is 1.81. The summed E-state index contributed by atoms with van der Waals surface area (Å²) in [6, 6.07) is 0. The topological polar surface area (TPSA) is 9.23 Å². The van der Waals surface area contributed by atoms with Crippen molar-refractivity contribution in [3.05, 3.63) is 23.8 Å². The molecule has 0 unspecified atom stereocenters. The minimum absolute atomic E-state index is 0.422. The average molecular weight is 290 g/mol. The Kier molecular flexibility index (Phi) is 6.10. The number of allylic oxidation sites excluding steroid dienone is 2. The van der Waals surface area contributed by atoms with Gasteiger partial charge in [0.1, 0.15) is 0 Å². The third-order valence-electron chi connectivity index (χ3n) is 5.31. The summed E-state index contributed by atoms with van der Waals surface area (Å²) in [6.45, 7) is 13.5. The Morgan fingerprint density at radius 3 is 2.86 bits per heavy atom. The molecular formula is C20H34O. The third kappa shape index (κ3) is 4.98. The van der Waals surface area contributed by atoms with Crippen molar-refractivity contribution in [3.8, 4) is 0 Å². The predicted molar refractivity (Wildman–Crippen MR) is 91.4 cm³/mol. The van der Waals surface area contributed by atoms with E-state index in [1.165, 1.54) is 49.7 Å². The molecule has 2 aliphatic rings. The summed E-state index contributed by atoms with van der Waals surface area (Å²) in [5, 5.41) is 0. The van der Waals surface area contributed by atoms with E-state index >= 15 is 0 Å². The summed E-state index contributed by atoms with van der Waals surface area (Å²) >= 11 is 0. The lowest BCUT2D eigenvalue weighted by Gasteiger charge is -2.43. The second kappa shape index (κ2) is 7.63. The lowest BCUT2D eigenvalue weighted by molar-refractivity contribution is -0.0906. The molecule has 0 bridgehead atoms. The monoisotopic (exact) mass is 290 g/mol. The van der Waals surface area contributed by atoms with Crippen LogP contribution in [0.3, 0.4) is 0 Å². The maximum atomic E-state index is 6.45. The number of hydrogen-bond acceptors (Lipinski definition) is 1. The van der Waals surface area contributed by atoms with Gasteiger partial charge >= 0.3 is 0 Å². The van der Waals surface area contributed by atoms with E-state index < -0.39 is 0 Å². The average Bonchev–Trinajstić information content (AvgIpc) is 2.37. The first-order chi connectivity index (χ1) is 9.95. The molecule has 0 aromatic heterocycles. The van der Waals surface area contributed by atoms with Crippen LogP contribution in [0.25, 0.3) is 0 Å². The fraction of sp³-hybridized carbons (Fsp3) is 0.800. The molecule has 120 valence electrons. The minimum Gasteiger partial charge on any atom is -0.374 e. The van der Waals surface area contributed by atoms with Crippen LogP contribution in [0.15, 0.2) is 23.8 Å².